The minimum Gasteiger partial charge on any atom is -0.474 e. The summed E-state index contributed by atoms with van der Waals surface area (Å²) in [5, 5.41) is 0. The molecule has 1 aromatic carbocycles. The second-order valence-corrected chi connectivity index (χ2v) is 7.22. The second-order valence-electron chi connectivity index (χ2n) is 7.22. The number of halogens is 3. The fourth-order valence-electron chi connectivity index (χ4n) is 3.17. The van der Waals surface area contributed by atoms with Crippen molar-refractivity contribution < 1.29 is 17.9 Å². The molecule has 0 spiro atoms. The standard InChI is InChI=1S/C20H24F3N3O/c1-13(2)14-8-10-15(11-9-14)26(3)19-24-12-17(20(21,22)23)18(25-19)27-16-6-4-5-7-16/h8-13,16H,4-7H2,1-3H3. The fourth-order valence-corrected chi connectivity index (χ4v) is 3.17. The molecule has 0 N–H and O–H groups in total. The molecule has 1 aliphatic carbocycles. The first-order valence-electron chi connectivity index (χ1n) is 9.20. The second kappa shape index (κ2) is 7.74. The van der Waals surface area contributed by atoms with Crippen molar-refractivity contribution in [1.82, 2.24) is 9.97 Å². The van der Waals surface area contributed by atoms with E-state index >= 15 is 0 Å². The lowest BCUT2D eigenvalue weighted by Gasteiger charge is -2.21. The van der Waals surface area contributed by atoms with Crippen molar-refractivity contribution >= 4 is 11.6 Å². The van der Waals surface area contributed by atoms with Gasteiger partial charge in [-0.05, 0) is 49.3 Å². The van der Waals surface area contributed by atoms with E-state index in [-0.39, 0.29) is 17.9 Å². The van der Waals surface area contributed by atoms with Gasteiger partial charge in [0.1, 0.15) is 11.7 Å². The average Bonchev–Trinajstić information content (AvgIpc) is 3.13. The van der Waals surface area contributed by atoms with Gasteiger partial charge in [-0.1, -0.05) is 26.0 Å². The van der Waals surface area contributed by atoms with E-state index in [4.69, 9.17) is 4.74 Å². The molecule has 0 amide bonds. The first-order chi connectivity index (χ1) is 12.8. The van der Waals surface area contributed by atoms with Crippen LogP contribution in [-0.4, -0.2) is 23.1 Å². The van der Waals surface area contributed by atoms with Crippen LogP contribution in [0.4, 0.5) is 24.8 Å². The van der Waals surface area contributed by atoms with Crippen LogP contribution in [0.5, 0.6) is 5.88 Å². The zero-order chi connectivity index (χ0) is 19.6. The summed E-state index contributed by atoms with van der Waals surface area (Å²) >= 11 is 0. The number of ether oxygens (including phenoxy) is 1. The quantitative estimate of drug-likeness (QED) is 0.667. The van der Waals surface area contributed by atoms with E-state index in [9.17, 15) is 13.2 Å². The van der Waals surface area contributed by atoms with Gasteiger partial charge in [-0.2, -0.15) is 18.2 Å². The van der Waals surface area contributed by atoms with Gasteiger partial charge in [0, 0.05) is 18.9 Å². The molecule has 0 aliphatic heterocycles. The molecule has 2 aromatic rings. The number of alkyl halides is 3. The molecule has 7 heteroatoms. The molecule has 0 radical (unpaired) electrons. The van der Waals surface area contributed by atoms with Crippen LogP contribution in [0, 0.1) is 0 Å². The van der Waals surface area contributed by atoms with E-state index in [1.807, 2.05) is 24.3 Å². The van der Waals surface area contributed by atoms with Crippen molar-refractivity contribution in [1.29, 1.82) is 0 Å². The Balaban J connectivity index is 1.90. The van der Waals surface area contributed by atoms with Gasteiger partial charge in [-0.15, -0.1) is 0 Å². The lowest BCUT2D eigenvalue weighted by molar-refractivity contribution is -0.139. The normalized spacial score (nSPS) is 15.4. The maximum absolute atomic E-state index is 13.3. The summed E-state index contributed by atoms with van der Waals surface area (Å²) in [6.45, 7) is 4.20. The highest BCUT2D eigenvalue weighted by molar-refractivity contribution is 5.57. The molecule has 4 nitrogen and oxygen atoms in total. The van der Waals surface area contributed by atoms with E-state index < -0.39 is 11.7 Å². The maximum Gasteiger partial charge on any atom is 0.423 e. The molecule has 1 aliphatic rings. The van der Waals surface area contributed by atoms with Crippen molar-refractivity contribution in [3.05, 3.63) is 41.6 Å². The Hall–Kier alpha value is -2.31. The highest BCUT2D eigenvalue weighted by Crippen LogP contribution is 2.37. The number of rotatable bonds is 5. The molecule has 0 saturated heterocycles. The smallest absolute Gasteiger partial charge is 0.423 e. The lowest BCUT2D eigenvalue weighted by Crippen LogP contribution is -2.20. The van der Waals surface area contributed by atoms with Gasteiger partial charge in [-0.3, -0.25) is 0 Å². The van der Waals surface area contributed by atoms with Gasteiger partial charge in [0.05, 0.1) is 0 Å². The van der Waals surface area contributed by atoms with E-state index in [1.165, 1.54) is 5.56 Å². The maximum atomic E-state index is 13.3. The van der Waals surface area contributed by atoms with Crippen LogP contribution in [0.1, 0.15) is 56.6 Å². The van der Waals surface area contributed by atoms with E-state index in [0.717, 1.165) is 37.6 Å². The third kappa shape index (κ3) is 4.51. The van der Waals surface area contributed by atoms with Crippen molar-refractivity contribution in [3.8, 4) is 5.88 Å². The predicted octanol–water partition coefficient (Wildman–Crippen LogP) is 5.71. The first-order valence-corrected chi connectivity index (χ1v) is 9.20. The van der Waals surface area contributed by atoms with Crippen molar-refractivity contribution in [2.45, 2.75) is 57.7 Å². The molecule has 1 heterocycles. The van der Waals surface area contributed by atoms with E-state index in [2.05, 4.69) is 23.8 Å². The zero-order valence-electron chi connectivity index (χ0n) is 15.8. The summed E-state index contributed by atoms with van der Waals surface area (Å²) in [6.07, 6.45) is -0.524. The minimum absolute atomic E-state index is 0.174. The van der Waals surface area contributed by atoms with Crippen LogP contribution in [0.15, 0.2) is 30.5 Å². The molecular weight excluding hydrogens is 355 g/mol. The van der Waals surface area contributed by atoms with Crippen LogP contribution in [0.3, 0.4) is 0 Å². The van der Waals surface area contributed by atoms with Crippen molar-refractivity contribution in [2.75, 3.05) is 11.9 Å². The summed E-state index contributed by atoms with van der Waals surface area (Å²) < 4.78 is 45.6. The van der Waals surface area contributed by atoms with Gasteiger partial charge in [0.2, 0.25) is 11.8 Å². The summed E-state index contributed by atoms with van der Waals surface area (Å²) in [6, 6.07) is 7.81. The number of hydrogen-bond acceptors (Lipinski definition) is 4. The number of benzene rings is 1. The molecule has 1 fully saturated rings. The monoisotopic (exact) mass is 379 g/mol. The molecule has 0 atom stereocenters. The zero-order valence-corrected chi connectivity index (χ0v) is 15.8. The highest BCUT2D eigenvalue weighted by atomic mass is 19.4. The van der Waals surface area contributed by atoms with Crippen LogP contribution in [0.2, 0.25) is 0 Å². The lowest BCUT2D eigenvalue weighted by atomic mass is 10.0. The van der Waals surface area contributed by atoms with Crippen LogP contribution in [0.25, 0.3) is 0 Å². The van der Waals surface area contributed by atoms with E-state index in [1.54, 1.807) is 11.9 Å². The Bertz CT molecular complexity index is 769. The fraction of sp³-hybridized carbons (Fsp3) is 0.500. The summed E-state index contributed by atoms with van der Waals surface area (Å²) in [5.74, 6) is 0.191. The van der Waals surface area contributed by atoms with Crippen molar-refractivity contribution in [3.63, 3.8) is 0 Å². The third-order valence-corrected chi connectivity index (χ3v) is 4.87. The number of aromatic nitrogens is 2. The van der Waals surface area contributed by atoms with Crippen LogP contribution < -0.4 is 9.64 Å². The predicted molar refractivity (Wildman–Crippen MR) is 98.5 cm³/mol. The minimum atomic E-state index is -4.55. The molecule has 146 valence electrons. The Labute approximate surface area is 157 Å². The summed E-state index contributed by atoms with van der Waals surface area (Å²) in [4.78, 5) is 9.70. The molecule has 27 heavy (non-hydrogen) atoms. The molecule has 1 saturated carbocycles. The molecule has 1 aromatic heterocycles. The average molecular weight is 379 g/mol. The van der Waals surface area contributed by atoms with E-state index in [0.29, 0.717) is 5.92 Å². The SMILES string of the molecule is CC(C)c1ccc(N(C)c2ncc(C(F)(F)F)c(OC3CCCC3)n2)cc1. The topological polar surface area (TPSA) is 38.2 Å². The van der Waals surface area contributed by atoms with Crippen LogP contribution >= 0.6 is 0 Å². The van der Waals surface area contributed by atoms with Gasteiger partial charge >= 0.3 is 6.18 Å². The molecule has 0 bridgehead atoms. The Kier molecular flexibility index (Phi) is 5.58. The molecule has 3 rings (SSSR count). The Morgan fingerprint density at radius 2 is 1.74 bits per heavy atom. The summed E-state index contributed by atoms with van der Waals surface area (Å²) in [5.41, 5.74) is 1.05. The summed E-state index contributed by atoms with van der Waals surface area (Å²) in [7, 11) is 1.73. The molecule has 0 unspecified atom stereocenters. The third-order valence-electron chi connectivity index (χ3n) is 4.87. The number of hydrogen-bond donors (Lipinski definition) is 0. The van der Waals surface area contributed by atoms with Gasteiger partial charge < -0.3 is 9.64 Å². The number of anilines is 2. The Morgan fingerprint density at radius 3 is 2.30 bits per heavy atom. The largest absolute Gasteiger partial charge is 0.474 e. The van der Waals surface area contributed by atoms with Gasteiger partial charge in [-0.25, -0.2) is 4.98 Å². The Morgan fingerprint density at radius 1 is 1.11 bits per heavy atom. The van der Waals surface area contributed by atoms with Crippen LogP contribution in [-0.2, 0) is 6.18 Å². The first kappa shape index (κ1) is 19.5. The number of nitrogens with zero attached hydrogens (tertiary/aromatic N) is 3. The van der Waals surface area contributed by atoms with Crippen molar-refractivity contribution in [2.24, 2.45) is 0 Å². The molecular formula is C20H24F3N3O. The van der Waals surface area contributed by atoms with Gasteiger partial charge in [0.25, 0.3) is 0 Å². The highest BCUT2D eigenvalue weighted by Gasteiger charge is 2.37. The van der Waals surface area contributed by atoms with Gasteiger partial charge in [0.15, 0.2) is 0 Å².